The lowest BCUT2D eigenvalue weighted by molar-refractivity contribution is 0.669. The lowest BCUT2D eigenvalue weighted by Gasteiger charge is -2.23. The Morgan fingerprint density at radius 2 is 0.722 bits per heavy atom. The van der Waals surface area contributed by atoms with E-state index >= 15 is 0 Å². The van der Waals surface area contributed by atoms with E-state index in [2.05, 4.69) is 200 Å². The molecule has 54 heavy (non-hydrogen) atoms. The summed E-state index contributed by atoms with van der Waals surface area (Å²) >= 11 is 0. The second kappa shape index (κ2) is 13.5. The molecule has 0 saturated carbocycles. The molecule has 0 fully saturated rings. The first-order chi connectivity index (χ1) is 26.8. The Labute approximate surface area is 315 Å². The quantitative estimate of drug-likeness (QED) is 0.152. The highest BCUT2D eigenvalue weighted by Gasteiger charge is 2.21. The summed E-state index contributed by atoms with van der Waals surface area (Å²) in [7, 11) is 0. The Kier molecular flexibility index (Phi) is 7.96. The van der Waals surface area contributed by atoms with Gasteiger partial charge < -0.3 is 4.42 Å². The van der Waals surface area contributed by atoms with Crippen molar-refractivity contribution in [2.24, 2.45) is 0 Å². The molecule has 1 nitrogen and oxygen atoms in total. The molecular formula is C53H36O. The summed E-state index contributed by atoms with van der Waals surface area (Å²) in [5, 5.41) is 4.82. The van der Waals surface area contributed by atoms with Crippen LogP contribution in [0, 0.1) is 0 Å². The summed E-state index contributed by atoms with van der Waals surface area (Å²) in [6.07, 6.45) is 0. The number of hydrogen-bond donors (Lipinski definition) is 0. The van der Waals surface area contributed by atoms with Crippen LogP contribution in [0.1, 0.15) is 22.6 Å². The maximum atomic E-state index is 6.12. The topological polar surface area (TPSA) is 13.1 Å². The van der Waals surface area contributed by atoms with Gasteiger partial charge in [-0.05, 0) is 90.2 Å². The Bertz CT molecular complexity index is 2880. The molecule has 0 aliphatic rings. The zero-order chi connectivity index (χ0) is 35.8. The minimum Gasteiger partial charge on any atom is -0.456 e. The van der Waals surface area contributed by atoms with E-state index in [1.54, 1.807) is 0 Å². The third-order valence-corrected chi connectivity index (χ3v) is 10.9. The molecule has 0 saturated heterocycles. The van der Waals surface area contributed by atoms with Crippen molar-refractivity contribution in [2.75, 3.05) is 0 Å². The van der Waals surface area contributed by atoms with Gasteiger partial charge in [0.25, 0.3) is 0 Å². The summed E-state index contributed by atoms with van der Waals surface area (Å²) in [6.45, 7) is 0. The van der Waals surface area contributed by atoms with Crippen LogP contribution in [-0.2, 0) is 0 Å². The van der Waals surface area contributed by atoms with E-state index in [4.69, 9.17) is 4.42 Å². The Morgan fingerprint density at radius 3 is 1.35 bits per heavy atom. The SMILES string of the molecule is c1ccc(-c2ccc(-c3ccc(C(c4ccc(-c5ccc6oc7ccccc7c6c5)cc4)c4ccc(-c5ccccc5)c5ccccc45)cc3)cc2)cc1. The van der Waals surface area contributed by atoms with Gasteiger partial charge in [0.1, 0.15) is 11.2 Å². The van der Waals surface area contributed by atoms with Crippen LogP contribution < -0.4 is 0 Å². The van der Waals surface area contributed by atoms with Gasteiger partial charge in [0.15, 0.2) is 0 Å². The number of hydrogen-bond acceptors (Lipinski definition) is 1. The average Bonchev–Trinajstić information content (AvgIpc) is 3.63. The molecule has 0 N–H and O–H groups in total. The maximum Gasteiger partial charge on any atom is 0.135 e. The highest BCUT2D eigenvalue weighted by molar-refractivity contribution is 6.06. The van der Waals surface area contributed by atoms with Crippen molar-refractivity contribution in [3.8, 4) is 44.5 Å². The van der Waals surface area contributed by atoms with Crippen LogP contribution in [0.4, 0.5) is 0 Å². The minimum absolute atomic E-state index is 0.0311. The number of fused-ring (bicyclic) bond motifs is 4. The zero-order valence-corrected chi connectivity index (χ0v) is 29.7. The van der Waals surface area contributed by atoms with Gasteiger partial charge in [-0.1, -0.05) is 194 Å². The van der Waals surface area contributed by atoms with Gasteiger partial charge in [-0.2, -0.15) is 0 Å². The van der Waals surface area contributed by atoms with Crippen molar-refractivity contribution in [3.05, 3.63) is 229 Å². The average molecular weight is 689 g/mol. The molecule has 0 spiro atoms. The molecule has 0 aliphatic heterocycles. The fourth-order valence-electron chi connectivity index (χ4n) is 8.12. The van der Waals surface area contributed by atoms with E-state index in [0.29, 0.717) is 0 Å². The molecule has 0 aliphatic carbocycles. The van der Waals surface area contributed by atoms with Crippen LogP contribution in [0.5, 0.6) is 0 Å². The minimum atomic E-state index is 0.0311. The van der Waals surface area contributed by atoms with Crippen molar-refractivity contribution < 1.29 is 4.42 Å². The van der Waals surface area contributed by atoms with Crippen molar-refractivity contribution in [1.82, 2.24) is 0 Å². The van der Waals surface area contributed by atoms with Crippen LogP contribution in [0.3, 0.4) is 0 Å². The number of benzene rings is 9. The van der Waals surface area contributed by atoms with Gasteiger partial charge in [-0.25, -0.2) is 0 Å². The van der Waals surface area contributed by atoms with E-state index in [1.165, 1.54) is 72.0 Å². The van der Waals surface area contributed by atoms with Crippen LogP contribution in [0.2, 0.25) is 0 Å². The molecule has 10 rings (SSSR count). The lowest BCUT2D eigenvalue weighted by atomic mass is 9.80. The molecular weight excluding hydrogens is 653 g/mol. The van der Waals surface area contributed by atoms with Gasteiger partial charge >= 0.3 is 0 Å². The first kappa shape index (κ1) is 31.7. The van der Waals surface area contributed by atoms with Gasteiger partial charge in [-0.3, -0.25) is 0 Å². The monoisotopic (exact) mass is 688 g/mol. The standard InChI is InChI=1S/C53H36O/c1-3-11-36(12-4-1)37-19-21-38(22-20-37)39-23-27-42(28-24-39)53(49-33-32-45(41-13-5-2-6-14-41)46-15-7-8-16-47(46)49)43-29-25-40(26-30-43)44-31-34-52-50(35-44)48-17-9-10-18-51(48)54-52/h1-35,53H. The Morgan fingerprint density at radius 1 is 0.278 bits per heavy atom. The molecule has 1 atom stereocenters. The third kappa shape index (κ3) is 5.77. The third-order valence-electron chi connectivity index (χ3n) is 10.9. The van der Waals surface area contributed by atoms with Gasteiger partial charge in [-0.15, -0.1) is 0 Å². The first-order valence-corrected chi connectivity index (χ1v) is 18.6. The van der Waals surface area contributed by atoms with E-state index in [0.717, 1.165) is 21.9 Å². The van der Waals surface area contributed by atoms with E-state index in [9.17, 15) is 0 Å². The smallest absolute Gasteiger partial charge is 0.135 e. The molecule has 1 heterocycles. The molecule has 9 aromatic carbocycles. The lowest BCUT2D eigenvalue weighted by Crippen LogP contribution is -2.05. The molecule has 1 unspecified atom stereocenters. The van der Waals surface area contributed by atoms with Crippen LogP contribution >= 0.6 is 0 Å². The summed E-state index contributed by atoms with van der Waals surface area (Å²) in [5.74, 6) is 0.0311. The molecule has 10 aromatic rings. The molecule has 0 amide bonds. The van der Waals surface area contributed by atoms with Crippen molar-refractivity contribution in [2.45, 2.75) is 5.92 Å². The van der Waals surface area contributed by atoms with Crippen LogP contribution in [0.25, 0.3) is 77.2 Å². The summed E-state index contributed by atoms with van der Waals surface area (Å²) in [4.78, 5) is 0. The number of furan rings is 1. The fraction of sp³-hybridized carbons (Fsp3) is 0.0189. The zero-order valence-electron chi connectivity index (χ0n) is 29.7. The van der Waals surface area contributed by atoms with Gasteiger partial charge in [0.05, 0.1) is 0 Å². The number of rotatable bonds is 7. The number of para-hydroxylation sites is 1. The molecule has 0 radical (unpaired) electrons. The molecule has 0 bridgehead atoms. The normalized spacial score (nSPS) is 12.0. The maximum absolute atomic E-state index is 6.12. The largest absolute Gasteiger partial charge is 0.456 e. The second-order valence-corrected chi connectivity index (χ2v) is 14.0. The van der Waals surface area contributed by atoms with E-state index in [-0.39, 0.29) is 5.92 Å². The fourth-order valence-corrected chi connectivity index (χ4v) is 8.12. The summed E-state index contributed by atoms with van der Waals surface area (Å²) < 4.78 is 6.12. The first-order valence-electron chi connectivity index (χ1n) is 18.6. The van der Waals surface area contributed by atoms with Crippen molar-refractivity contribution >= 4 is 32.7 Å². The van der Waals surface area contributed by atoms with E-state index < -0.39 is 0 Å². The van der Waals surface area contributed by atoms with Crippen molar-refractivity contribution in [3.63, 3.8) is 0 Å². The van der Waals surface area contributed by atoms with Crippen molar-refractivity contribution in [1.29, 1.82) is 0 Å². The molecule has 1 aromatic heterocycles. The second-order valence-electron chi connectivity index (χ2n) is 14.0. The summed E-state index contributed by atoms with van der Waals surface area (Å²) in [6, 6.07) is 76.8. The highest BCUT2D eigenvalue weighted by Crippen LogP contribution is 2.41. The van der Waals surface area contributed by atoms with Gasteiger partial charge in [0, 0.05) is 16.7 Å². The predicted octanol–water partition coefficient (Wildman–Crippen LogP) is 14.6. The van der Waals surface area contributed by atoms with E-state index in [1.807, 2.05) is 12.1 Å². The van der Waals surface area contributed by atoms with Crippen LogP contribution in [0.15, 0.2) is 217 Å². The predicted molar refractivity (Wildman–Crippen MR) is 227 cm³/mol. The Hall–Kier alpha value is -6.96. The molecule has 254 valence electrons. The Balaban J connectivity index is 1.06. The van der Waals surface area contributed by atoms with Gasteiger partial charge in [0.2, 0.25) is 0 Å². The van der Waals surface area contributed by atoms with Crippen LogP contribution in [-0.4, -0.2) is 0 Å². The summed E-state index contributed by atoms with van der Waals surface area (Å²) in [5.41, 5.74) is 15.4. The molecule has 1 heteroatoms. The highest BCUT2D eigenvalue weighted by atomic mass is 16.3.